The van der Waals surface area contributed by atoms with Crippen molar-refractivity contribution < 1.29 is 29.0 Å². The number of carbonyl (C=O) groups excluding carboxylic acids is 3. The van der Waals surface area contributed by atoms with E-state index in [2.05, 4.69) is 10.6 Å². The van der Waals surface area contributed by atoms with Gasteiger partial charge in [-0.25, -0.2) is 4.79 Å². The topological polar surface area (TPSA) is 117 Å². The zero-order valence-electron chi connectivity index (χ0n) is 23.4. The maximum Gasteiger partial charge on any atom is 0.408 e. The summed E-state index contributed by atoms with van der Waals surface area (Å²) in [6.07, 6.45) is -0.137. The largest absolute Gasteiger partial charge is 0.497 e. The van der Waals surface area contributed by atoms with E-state index in [1.807, 2.05) is 32.9 Å². The maximum atomic E-state index is 14.0. The molecule has 3 atom stereocenters. The summed E-state index contributed by atoms with van der Waals surface area (Å²) in [4.78, 5) is 41.8. The van der Waals surface area contributed by atoms with E-state index in [9.17, 15) is 19.5 Å². The third kappa shape index (κ3) is 8.48. The van der Waals surface area contributed by atoms with Crippen LogP contribution in [0.3, 0.4) is 0 Å². The van der Waals surface area contributed by atoms with Crippen molar-refractivity contribution in [1.82, 2.24) is 10.2 Å². The zero-order valence-corrected chi connectivity index (χ0v) is 23.4. The number of methoxy groups -OCH3 is 1. The fourth-order valence-electron chi connectivity index (χ4n) is 4.00. The van der Waals surface area contributed by atoms with Gasteiger partial charge in [-0.3, -0.25) is 9.59 Å². The molecule has 3 unspecified atom stereocenters. The second kappa shape index (κ2) is 13.8. The Balaban J connectivity index is 2.51. The average molecular weight is 528 g/mol. The van der Waals surface area contributed by atoms with E-state index >= 15 is 0 Å². The Labute approximate surface area is 225 Å². The minimum atomic E-state index is -1.06. The number of benzene rings is 2. The molecule has 2 aromatic carbocycles. The predicted molar refractivity (Wildman–Crippen MR) is 147 cm³/mol. The maximum absolute atomic E-state index is 14.0. The van der Waals surface area contributed by atoms with E-state index in [0.717, 1.165) is 5.56 Å². The van der Waals surface area contributed by atoms with Crippen LogP contribution in [0.15, 0.2) is 48.5 Å². The number of aliphatic hydroxyl groups is 1. The number of nitrogens with zero attached hydrogens (tertiary/aromatic N) is 1. The number of nitrogens with one attached hydrogen (secondary N) is 2. The van der Waals surface area contributed by atoms with Gasteiger partial charge in [0, 0.05) is 12.2 Å². The number of aliphatic hydroxyl groups excluding tert-OH is 1. The fourth-order valence-corrected chi connectivity index (χ4v) is 4.00. The van der Waals surface area contributed by atoms with Crippen LogP contribution in [-0.4, -0.2) is 59.8 Å². The molecule has 0 aliphatic rings. The number of anilines is 1. The number of aryl methyl sites for hydroxylation is 1. The summed E-state index contributed by atoms with van der Waals surface area (Å²) in [5.41, 5.74) is 1.19. The normalized spacial score (nSPS) is 13.6. The first-order valence-electron chi connectivity index (χ1n) is 12.8. The molecule has 0 aliphatic carbocycles. The number of hydrogen-bond donors (Lipinski definition) is 3. The summed E-state index contributed by atoms with van der Waals surface area (Å²) in [5, 5.41) is 15.5. The second-order valence-corrected chi connectivity index (χ2v) is 10.2. The Hall–Kier alpha value is -3.59. The van der Waals surface area contributed by atoms with Gasteiger partial charge in [0.15, 0.2) is 0 Å². The molecule has 2 aromatic rings. The van der Waals surface area contributed by atoms with Gasteiger partial charge in [-0.15, -0.1) is 0 Å². The lowest BCUT2D eigenvalue weighted by atomic mass is 9.94. The molecule has 208 valence electrons. The van der Waals surface area contributed by atoms with E-state index in [4.69, 9.17) is 9.47 Å². The highest BCUT2D eigenvalue weighted by molar-refractivity contribution is 5.99. The average Bonchev–Trinajstić information content (AvgIpc) is 2.86. The van der Waals surface area contributed by atoms with Crippen LogP contribution in [0.5, 0.6) is 5.75 Å². The van der Waals surface area contributed by atoms with Gasteiger partial charge in [-0.05, 0) is 69.0 Å². The summed E-state index contributed by atoms with van der Waals surface area (Å²) in [7, 11) is 1.55. The minimum Gasteiger partial charge on any atom is -0.497 e. The summed E-state index contributed by atoms with van der Waals surface area (Å²) < 4.78 is 10.6. The molecule has 0 radical (unpaired) electrons. The number of carbonyl (C=O) groups is 3. The Kier molecular flexibility index (Phi) is 11.1. The van der Waals surface area contributed by atoms with Gasteiger partial charge in [0.05, 0.1) is 13.7 Å². The Bertz CT molecular complexity index is 1080. The van der Waals surface area contributed by atoms with Crippen molar-refractivity contribution in [2.75, 3.05) is 25.6 Å². The van der Waals surface area contributed by atoms with Crippen molar-refractivity contribution in [2.45, 2.75) is 65.6 Å². The standard InChI is InChI=1S/C29H41N3O6/c1-8-19(2)24(31-28(36)38-29(4,5)6)27(35)32(17-18-33)25(23-12-10-9-11-20(23)3)26(34)30-21-13-15-22(37-7)16-14-21/h9-16,19,24-25,33H,8,17-18H2,1-7H3,(H,30,34)(H,31,36). The van der Waals surface area contributed by atoms with Crippen LogP contribution in [0.4, 0.5) is 10.5 Å². The first-order valence-corrected chi connectivity index (χ1v) is 12.8. The molecule has 9 nitrogen and oxygen atoms in total. The number of ether oxygens (including phenoxy) is 2. The number of amides is 3. The van der Waals surface area contributed by atoms with Crippen LogP contribution in [0, 0.1) is 12.8 Å². The lowest BCUT2D eigenvalue weighted by Gasteiger charge is -2.36. The molecular formula is C29H41N3O6. The molecule has 0 spiro atoms. The van der Waals surface area contributed by atoms with Gasteiger partial charge in [0.25, 0.3) is 5.91 Å². The molecular weight excluding hydrogens is 486 g/mol. The van der Waals surface area contributed by atoms with Crippen molar-refractivity contribution in [1.29, 1.82) is 0 Å². The van der Waals surface area contributed by atoms with E-state index in [0.29, 0.717) is 23.4 Å². The van der Waals surface area contributed by atoms with E-state index < -0.39 is 35.6 Å². The lowest BCUT2D eigenvalue weighted by Crippen LogP contribution is -2.55. The van der Waals surface area contributed by atoms with Gasteiger partial charge < -0.3 is 30.1 Å². The highest BCUT2D eigenvalue weighted by Gasteiger charge is 2.38. The summed E-state index contributed by atoms with van der Waals surface area (Å²) in [6.45, 7) is 10.3. The van der Waals surface area contributed by atoms with Crippen LogP contribution < -0.4 is 15.4 Å². The highest BCUT2D eigenvalue weighted by Crippen LogP contribution is 2.28. The lowest BCUT2D eigenvalue weighted by molar-refractivity contribution is -0.142. The Morgan fingerprint density at radius 3 is 2.21 bits per heavy atom. The van der Waals surface area contributed by atoms with E-state index in [1.54, 1.807) is 64.3 Å². The molecule has 2 rings (SSSR count). The summed E-state index contributed by atoms with van der Waals surface area (Å²) in [5.74, 6) is -0.567. The van der Waals surface area contributed by atoms with Crippen molar-refractivity contribution in [3.8, 4) is 5.75 Å². The number of rotatable bonds is 11. The molecule has 3 amide bonds. The Morgan fingerprint density at radius 1 is 1.05 bits per heavy atom. The molecule has 0 fully saturated rings. The second-order valence-electron chi connectivity index (χ2n) is 10.2. The third-order valence-corrected chi connectivity index (χ3v) is 6.18. The molecule has 0 aliphatic heterocycles. The van der Waals surface area contributed by atoms with Crippen LogP contribution in [-0.2, 0) is 14.3 Å². The van der Waals surface area contributed by atoms with Crippen LogP contribution in [0.25, 0.3) is 0 Å². The smallest absolute Gasteiger partial charge is 0.408 e. The van der Waals surface area contributed by atoms with Crippen LogP contribution in [0.1, 0.15) is 58.2 Å². The van der Waals surface area contributed by atoms with Crippen molar-refractivity contribution in [2.24, 2.45) is 5.92 Å². The first-order chi connectivity index (χ1) is 17.9. The quantitative estimate of drug-likeness (QED) is 0.398. The molecule has 9 heteroatoms. The zero-order chi connectivity index (χ0) is 28.5. The van der Waals surface area contributed by atoms with Crippen LogP contribution in [0.2, 0.25) is 0 Å². The molecule has 0 aromatic heterocycles. The molecule has 0 saturated heterocycles. The highest BCUT2D eigenvalue weighted by atomic mass is 16.6. The van der Waals surface area contributed by atoms with Crippen molar-refractivity contribution >= 4 is 23.6 Å². The van der Waals surface area contributed by atoms with Gasteiger partial charge in [-0.2, -0.15) is 0 Å². The number of hydrogen-bond acceptors (Lipinski definition) is 6. The SMILES string of the molecule is CCC(C)C(NC(=O)OC(C)(C)C)C(=O)N(CCO)C(C(=O)Nc1ccc(OC)cc1)c1ccccc1C. The van der Waals surface area contributed by atoms with Gasteiger partial charge in [0.2, 0.25) is 5.91 Å². The van der Waals surface area contributed by atoms with Crippen molar-refractivity contribution in [3.05, 3.63) is 59.7 Å². The molecule has 0 saturated carbocycles. The van der Waals surface area contributed by atoms with E-state index in [1.165, 1.54) is 4.90 Å². The molecule has 0 bridgehead atoms. The fraction of sp³-hybridized carbons (Fsp3) is 0.483. The number of alkyl carbamates (subject to hydrolysis) is 1. The molecule has 0 heterocycles. The molecule has 3 N–H and O–H groups in total. The minimum absolute atomic E-state index is 0.114. The van der Waals surface area contributed by atoms with Gasteiger partial charge >= 0.3 is 6.09 Å². The Morgan fingerprint density at radius 2 is 1.68 bits per heavy atom. The van der Waals surface area contributed by atoms with Crippen molar-refractivity contribution in [3.63, 3.8) is 0 Å². The summed E-state index contributed by atoms with van der Waals surface area (Å²) in [6, 6.07) is 12.1. The van der Waals surface area contributed by atoms with Gasteiger partial charge in [0.1, 0.15) is 23.4 Å². The molecule has 38 heavy (non-hydrogen) atoms. The first kappa shape index (κ1) is 30.6. The predicted octanol–water partition coefficient (Wildman–Crippen LogP) is 4.44. The summed E-state index contributed by atoms with van der Waals surface area (Å²) >= 11 is 0. The monoisotopic (exact) mass is 527 g/mol. The van der Waals surface area contributed by atoms with E-state index in [-0.39, 0.29) is 19.1 Å². The van der Waals surface area contributed by atoms with Crippen LogP contribution >= 0.6 is 0 Å². The van der Waals surface area contributed by atoms with Gasteiger partial charge in [-0.1, -0.05) is 44.5 Å². The third-order valence-electron chi connectivity index (χ3n) is 6.18.